The van der Waals surface area contributed by atoms with Gasteiger partial charge in [0, 0.05) is 7.05 Å². The molecule has 11 heteroatoms. The fourth-order valence-corrected chi connectivity index (χ4v) is 4.30. The maximum Gasteiger partial charge on any atom is 0.321 e. The second kappa shape index (κ2) is 10.1. The Hall–Kier alpha value is -3.57. The summed E-state index contributed by atoms with van der Waals surface area (Å²) in [7, 11) is -2.83. The van der Waals surface area contributed by atoms with Gasteiger partial charge in [-0.15, -0.1) is 0 Å². The summed E-state index contributed by atoms with van der Waals surface area (Å²) in [5.74, 6) is -2.08. The Bertz CT molecular complexity index is 1300. The number of ether oxygens (including phenoxy) is 1. The highest BCUT2D eigenvalue weighted by Gasteiger charge is 2.24. The molecule has 1 amide bonds. The summed E-state index contributed by atoms with van der Waals surface area (Å²) in [5, 5.41) is 7.14. The van der Waals surface area contributed by atoms with E-state index in [4.69, 9.17) is 4.74 Å². The van der Waals surface area contributed by atoms with Crippen LogP contribution in [0.15, 0.2) is 53.4 Å². The van der Waals surface area contributed by atoms with Crippen molar-refractivity contribution in [3.05, 3.63) is 71.3 Å². The number of hydrogen-bond acceptors (Lipinski definition) is 6. The van der Waals surface area contributed by atoms with E-state index in [0.717, 1.165) is 39.8 Å². The highest BCUT2D eigenvalue weighted by Crippen LogP contribution is 2.23. The van der Waals surface area contributed by atoms with E-state index in [9.17, 15) is 22.4 Å². The summed E-state index contributed by atoms with van der Waals surface area (Å²) in [6, 6.07) is 12.0. The van der Waals surface area contributed by atoms with Gasteiger partial charge in [0.25, 0.3) is 5.91 Å². The largest absolute Gasteiger partial charge is 0.455 e. The van der Waals surface area contributed by atoms with Gasteiger partial charge in [0.2, 0.25) is 10.0 Å². The molecule has 34 heavy (non-hydrogen) atoms. The normalized spacial score (nSPS) is 11.5. The molecule has 0 atom stereocenters. The zero-order valence-electron chi connectivity index (χ0n) is 19.2. The number of esters is 1. The lowest BCUT2D eigenvalue weighted by Gasteiger charge is -2.16. The monoisotopic (exact) mass is 488 g/mol. The summed E-state index contributed by atoms with van der Waals surface area (Å²) in [6.45, 7) is 4.31. The van der Waals surface area contributed by atoms with Crippen molar-refractivity contribution in [3.8, 4) is 5.69 Å². The lowest BCUT2D eigenvalue weighted by molar-refractivity contribution is -0.147. The van der Waals surface area contributed by atoms with Gasteiger partial charge in [0.05, 0.1) is 27.7 Å². The highest BCUT2D eigenvalue weighted by molar-refractivity contribution is 7.89. The predicted molar refractivity (Wildman–Crippen MR) is 124 cm³/mol. The molecule has 0 aliphatic heterocycles. The molecule has 0 fully saturated rings. The minimum Gasteiger partial charge on any atom is -0.455 e. The molecule has 1 N–H and O–H groups in total. The summed E-state index contributed by atoms with van der Waals surface area (Å²) < 4.78 is 45.4. The van der Waals surface area contributed by atoms with Crippen LogP contribution in [0.1, 0.15) is 17.0 Å². The number of hydrogen-bond donors (Lipinski definition) is 1. The molecule has 0 saturated heterocycles. The molecular weight excluding hydrogens is 463 g/mol. The maximum absolute atomic E-state index is 13.0. The van der Waals surface area contributed by atoms with Crippen LogP contribution in [0.2, 0.25) is 0 Å². The highest BCUT2D eigenvalue weighted by atomic mass is 32.2. The van der Waals surface area contributed by atoms with E-state index >= 15 is 0 Å². The zero-order chi connectivity index (χ0) is 25.0. The van der Waals surface area contributed by atoms with Crippen LogP contribution in [-0.4, -0.2) is 54.6 Å². The van der Waals surface area contributed by atoms with Gasteiger partial charge in [-0.2, -0.15) is 9.40 Å². The first-order valence-electron chi connectivity index (χ1n) is 10.3. The number of carbonyl (C=O) groups is 2. The fourth-order valence-electron chi connectivity index (χ4n) is 3.18. The third-order valence-corrected chi connectivity index (χ3v) is 6.89. The topological polar surface area (TPSA) is 111 Å². The van der Waals surface area contributed by atoms with Crippen molar-refractivity contribution in [2.75, 3.05) is 25.5 Å². The van der Waals surface area contributed by atoms with Gasteiger partial charge >= 0.3 is 5.97 Å². The van der Waals surface area contributed by atoms with Gasteiger partial charge in [-0.1, -0.05) is 17.7 Å². The third-order valence-electron chi connectivity index (χ3n) is 5.07. The van der Waals surface area contributed by atoms with Crippen LogP contribution >= 0.6 is 0 Å². The van der Waals surface area contributed by atoms with E-state index < -0.39 is 40.9 Å². The molecule has 0 bridgehead atoms. The average molecular weight is 489 g/mol. The molecule has 0 unspecified atom stereocenters. The molecular formula is C23H25FN4O5S. The van der Waals surface area contributed by atoms with Gasteiger partial charge in [-0.3, -0.25) is 9.59 Å². The van der Waals surface area contributed by atoms with Crippen molar-refractivity contribution >= 4 is 27.6 Å². The van der Waals surface area contributed by atoms with Crippen molar-refractivity contribution in [1.29, 1.82) is 0 Å². The maximum atomic E-state index is 13.0. The number of sulfonamides is 1. The Morgan fingerprint density at radius 1 is 1.06 bits per heavy atom. The first kappa shape index (κ1) is 25.1. The Morgan fingerprint density at radius 3 is 2.29 bits per heavy atom. The molecule has 0 radical (unpaired) electrons. The summed E-state index contributed by atoms with van der Waals surface area (Å²) in [4.78, 5) is 24.3. The lowest BCUT2D eigenvalue weighted by Crippen LogP contribution is -2.34. The number of benzene rings is 2. The number of rotatable bonds is 8. The smallest absolute Gasteiger partial charge is 0.321 e. The van der Waals surface area contributed by atoms with Crippen LogP contribution in [-0.2, 0) is 24.3 Å². The number of amides is 1. The van der Waals surface area contributed by atoms with Crippen molar-refractivity contribution in [3.63, 3.8) is 0 Å². The Morgan fingerprint density at radius 2 is 1.68 bits per heavy atom. The Balaban J connectivity index is 1.58. The summed E-state index contributed by atoms with van der Waals surface area (Å²) in [5.41, 5.74) is 3.73. The minimum absolute atomic E-state index is 0.168. The van der Waals surface area contributed by atoms with Crippen LogP contribution < -0.4 is 5.32 Å². The van der Waals surface area contributed by atoms with Gasteiger partial charge in [0.15, 0.2) is 6.61 Å². The van der Waals surface area contributed by atoms with Crippen molar-refractivity contribution in [2.24, 2.45) is 0 Å². The number of nitrogens with zero attached hydrogens (tertiary/aromatic N) is 3. The minimum atomic E-state index is -4.02. The Kier molecular flexibility index (Phi) is 7.48. The second-order valence-electron chi connectivity index (χ2n) is 7.72. The van der Waals surface area contributed by atoms with Gasteiger partial charge in [-0.25, -0.2) is 17.5 Å². The van der Waals surface area contributed by atoms with Crippen LogP contribution in [0.4, 0.5) is 10.1 Å². The van der Waals surface area contributed by atoms with Gasteiger partial charge in [-0.05, 0) is 57.2 Å². The first-order valence-corrected chi connectivity index (χ1v) is 11.7. The molecule has 9 nitrogen and oxygen atoms in total. The number of aromatic nitrogens is 2. The van der Waals surface area contributed by atoms with E-state index in [1.807, 2.05) is 31.2 Å². The fraction of sp³-hybridized carbons (Fsp3) is 0.261. The van der Waals surface area contributed by atoms with Crippen molar-refractivity contribution in [2.45, 2.75) is 25.7 Å². The molecule has 1 heterocycles. The van der Waals surface area contributed by atoms with Gasteiger partial charge in [0.1, 0.15) is 12.4 Å². The Labute approximate surface area is 197 Å². The molecule has 0 aliphatic carbocycles. The first-order chi connectivity index (χ1) is 16.0. The van der Waals surface area contributed by atoms with E-state index in [0.29, 0.717) is 17.1 Å². The molecule has 0 spiro atoms. The quantitative estimate of drug-likeness (QED) is 0.488. The number of likely N-dealkylation sites (N-methyl/N-ethyl adjacent to an activating group) is 1. The van der Waals surface area contributed by atoms with Crippen LogP contribution in [0.5, 0.6) is 0 Å². The zero-order valence-corrected chi connectivity index (χ0v) is 20.0. The summed E-state index contributed by atoms with van der Waals surface area (Å²) >= 11 is 0. The number of nitrogens with one attached hydrogen (secondary N) is 1. The van der Waals surface area contributed by atoms with E-state index in [1.54, 1.807) is 18.5 Å². The molecule has 2 aromatic carbocycles. The van der Waals surface area contributed by atoms with Crippen molar-refractivity contribution < 1.29 is 27.1 Å². The number of halogens is 1. The van der Waals surface area contributed by atoms with Gasteiger partial charge < -0.3 is 10.1 Å². The second-order valence-corrected chi connectivity index (χ2v) is 9.76. The van der Waals surface area contributed by atoms with E-state index in [-0.39, 0.29) is 4.90 Å². The molecule has 1 aromatic heterocycles. The summed E-state index contributed by atoms with van der Waals surface area (Å²) in [6.07, 6.45) is 0. The number of carbonyl (C=O) groups excluding carboxylic acids is 2. The number of aryl methyl sites for hydroxylation is 2. The molecule has 0 saturated carbocycles. The standard InChI is InChI=1S/C23H25FN4O5S/c1-15-5-9-19(10-6-15)28-17(3)23(16(2)26-28)25-21(29)14-33-22(30)13-27(4)34(31,32)20-11-7-18(24)8-12-20/h5-12H,13-14H2,1-4H3,(H,25,29). The predicted octanol–water partition coefficient (Wildman–Crippen LogP) is 2.74. The van der Waals surface area contributed by atoms with Crippen molar-refractivity contribution in [1.82, 2.24) is 14.1 Å². The molecule has 3 rings (SSSR count). The number of anilines is 1. The van der Waals surface area contributed by atoms with Crippen LogP contribution in [0.25, 0.3) is 5.69 Å². The molecule has 0 aliphatic rings. The average Bonchev–Trinajstić information content (AvgIpc) is 3.06. The molecule has 180 valence electrons. The van der Waals surface area contributed by atoms with E-state index in [1.165, 1.54) is 7.05 Å². The third kappa shape index (κ3) is 5.67. The lowest BCUT2D eigenvalue weighted by atomic mass is 10.2. The van der Waals surface area contributed by atoms with Crippen LogP contribution in [0.3, 0.4) is 0 Å². The van der Waals surface area contributed by atoms with Crippen LogP contribution in [0, 0.1) is 26.6 Å². The van der Waals surface area contributed by atoms with E-state index in [2.05, 4.69) is 10.4 Å². The SMILES string of the molecule is Cc1ccc(-n2nc(C)c(NC(=O)COC(=O)CN(C)S(=O)(=O)c3ccc(F)cc3)c2C)cc1. The molecule has 3 aromatic rings.